The summed E-state index contributed by atoms with van der Waals surface area (Å²) in [5, 5.41) is 3.39. The third kappa shape index (κ3) is 2.01. The molecule has 0 saturated carbocycles. The number of nitrogens with one attached hydrogen (secondary N) is 1. The fourth-order valence-corrected chi connectivity index (χ4v) is 1.57. The molecule has 1 unspecified atom stereocenters. The predicted molar refractivity (Wildman–Crippen MR) is 53.1 cm³/mol. The number of benzene rings is 1. The second kappa shape index (κ2) is 3.79. The van der Waals surface area contributed by atoms with Crippen LogP contribution in [0.4, 0.5) is 0 Å². The zero-order valence-corrected chi connectivity index (χ0v) is 7.92. The van der Waals surface area contributed by atoms with Crippen molar-refractivity contribution in [2.45, 2.75) is 18.9 Å². The van der Waals surface area contributed by atoms with Gasteiger partial charge in [0, 0.05) is 6.04 Å². The Balaban J connectivity index is 1.96. The largest absolute Gasteiger partial charge is 0.497 e. The van der Waals surface area contributed by atoms with Gasteiger partial charge < -0.3 is 10.1 Å². The van der Waals surface area contributed by atoms with E-state index in [-0.39, 0.29) is 0 Å². The summed E-state index contributed by atoms with van der Waals surface area (Å²) in [6, 6.07) is 9.02. The Morgan fingerprint density at radius 2 is 2.08 bits per heavy atom. The van der Waals surface area contributed by atoms with Crippen molar-refractivity contribution in [3.8, 4) is 5.75 Å². The van der Waals surface area contributed by atoms with E-state index in [1.165, 1.54) is 18.5 Å². The molecule has 1 aliphatic rings. The molecule has 1 atom stereocenters. The van der Waals surface area contributed by atoms with Crippen molar-refractivity contribution < 1.29 is 4.74 Å². The van der Waals surface area contributed by atoms with Gasteiger partial charge in [0.25, 0.3) is 0 Å². The monoisotopic (exact) mass is 177 g/mol. The highest BCUT2D eigenvalue weighted by Crippen LogP contribution is 2.15. The van der Waals surface area contributed by atoms with E-state index in [1.807, 2.05) is 12.1 Å². The second-order valence-electron chi connectivity index (χ2n) is 3.49. The molecular formula is C11H15NO. The molecule has 2 rings (SSSR count). The van der Waals surface area contributed by atoms with Gasteiger partial charge in [0.15, 0.2) is 0 Å². The summed E-state index contributed by atoms with van der Waals surface area (Å²) in [6.45, 7) is 1.18. The molecule has 1 aliphatic heterocycles. The lowest BCUT2D eigenvalue weighted by Gasteiger charge is -2.27. The molecule has 0 radical (unpaired) electrons. The van der Waals surface area contributed by atoms with Crippen LogP contribution in [0.2, 0.25) is 0 Å². The van der Waals surface area contributed by atoms with Gasteiger partial charge in [-0.1, -0.05) is 12.1 Å². The highest BCUT2D eigenvalue weighted by molar-refractivity contribution is 5.27. The molecule has 13 heavy (non-hydrogen) atoms. The maximum Gasteiger partial charge on any atom is 0.118 e. The lowest BCUT2D eigenvalue weighted by molar-refractivity contribution is 0.369. The molecule has 1 heterocycles. The van der Waals surface area contributed by atoms with Gasteiger partial charge in [0.05, 0.1) is 7.11 Å². The molecule has 1 saturated heterocycles. The van der Waals surface area contributed by atoms with Crippen molar-refractivity contribution in [3.63, 3.8) is 0 Å². The van der Waals surface area contributed by atoms with Crippen LogP contribution in [-0.4, -0.2) is 19.7 Å². The third-order valence-electron chi connectivity index (χ3n) is 2.57. The number of rotatable bonds is 3. The fourth-order valence-electron chi connectivity index (χ4n) is 1.57. The van der Waals surface area contributed by atoms with Gasteiger partial charge in [-0.3, -0.25) is 0 Å². The minimum absolute atomic E-state index is 0.702. The Labute approximate surface area is 78.9 Å². The first-order valence-electron chi connectivity index (χ1n) is 4.75. The number of methoxy groups -OCH3 is 1. The summed E-state index contributed by atoms with van der Waals surface area (Å²) < 4.78 is 5.10. The first-order chi connectivity index (χ1) is 6.38. The van der Waals surface area contributed by atoms with Crippen LogP contribution in [0, 0.1) is 0 Å². The maximum absolute atomic E-state index is 5.10. The molecule has 0 aromatic heterocycles. The topological polar surface area (TPSA) is 21.3 Å². The Kier molecular flexibility index (Phi) is 2.50. The van der Waals surface area contributed by atoms with Crippen LogP contribution >= 0.6 is 0 Å². The first-order valence-corrected chi connectivity index (χ1v) is 4.75. The summed E-state index contributed by atoms with van der Waals surface area (Å²) in [5.41, 5.74) is 1.39. The van der Waals surface area contributed by atoms with Gasteiger partial charge in [0.2, 0.25) is 0 Å². The van der Waals surface area contributed by atoms with Crippen molar-refractivity contribution in [2.75, 3.05) is 13.7 Å². The Bertz CT molecular complexity index is 264. The summed E-state index contributed by atoms with van der Waals surface area (Å²) in [7, 11) is 1.70. The molecule has 0 bridgehead atoms. The van der Waals surface area contributed by atoms with Gasteiger partial charge >= 0.3 is 0 Å². The van der Waals surface area contributed by atoms with Crippen LogP contribution in [0.3, 0.4) is 0 Å². The van der Waals surface area contributed by atoms with Crippen molar-refractivity contribution >= 4 is 0 Å². The molecule has 1 aromatic rings. The number of ether oxygens (including phenoxy) is 1. The maximum atomic E-state index is 5.10. The third-order valence-corrected chi connectivity index (χ3v) is 2.57. The van der Waals surface area contributed by atoms with Gasteiger partial charge in [-0.15, -0.1) is 0 Å². The van der Waals surface area contributed by atoms with E-state index in [2.05, 4.69) is 17.4 Å². The fraction of sp³-hybridized carbons (Fsp3) is 0.455. The molecule has 2 heteroatoms. The Morgan fingerprint density at radius 3 is 2.54 bits per heavy atom. The molecule has 0 aliphatic carbocycles. The van der Waals surface area contributed by atoms with Gasteiger partial charge in [0.1, 0.15) is 5.75 Å². The summed E-state index contributed by atoms with van der Waals surface area (Å²) >= 11 is 0. The standard InChI is InChI=1S/C11H15NO/c1-13-11-4-2-9(3-5-11)8-10-6-7-12-10/h2-5,10,12H,6-8H2,1H3. The van der Waals surface area contributed by atoms with Crippen molar-refractivity contribution in [1.29, 1.82) is 0 Å². The quantitative estimate of drug-likeness (QED) is 0.757. The van der Waals surface area contributed by atoms with E-state index in [0.29, 0.717) is 6.04 Å². The molecule has 1 aromatic carbocycles. The SMILES string of the molecule is COc1ccc(CC2CCN2)cc1. The summed E-state index contributed by atoms with van der Waals surface area (Å²) in [5.74, 6) is 0.935. The summed E-state index contributed by atoms with van der Waals surface area (Å²) in [6.07, 6.45) is 2.45. The van der Waals surface area contributed by atoms with E-state index in [9.17, 15) is 0 Å². The molecule has 2 nitrogen and oxygen atoms in total. The number of hydrogen-bond acceptors (Lipinski definition) is 2. The van der Waals surface area contributed by atoms with Gasteiger partial charge in [-0.25, -0.2) is 0 Å². The van der Waals surface area contributed by atoms with E-state index >= 15 is 0 Å². The predicted octanol–water partition coefficient (Wildman–Crippen LogP) is 1.60. The molecule has 1 N–H and O–H groups in total. The minimum atomic E-state index is 0.702. The van der Waals surface area contributed by atoms with E-state index < -0.39 is 0 Å². The number of hydrogen-bond donors (Lipinski definition) is 1. The lowest BCUT2D eigenvalue weighted by atomic mass is 9.98. The first kappa shape index (κ1) is 8.57. The average molecular weight is 177 g/mol. The van der Waals surface area contributed by atoms with Crippen LogP contribution in [0.15, 0.2) is 24.3 Å². The van der Waals surface area contributed by atoms with Crippen LogP contribution in [0.5, 0.6) is 5.75 Å². The molecular weight excluding hydrogens is 162 g/mol. The normalized spacial score (nSPS) is 20.8. The lowest BCUT2D eigenvalue weighted by Crippen LogP contribution is -2.44. The van der Waals surface area contributed by atoms with E-state index in [4.69, 9.17) is 4.74 Å². The van der Waals surface area contributed by atoms with Crippen molar-refractivity contribution in [1.82, 2.24) is 5.32 Å². The molecule has 0 amide bonds. The molecule has 70 valence electrons. The van der Waals surface area contributed by atoms with Gasteiger partial charge in [-0.05, 0) is 37.1 Å². The van der Waals surface area contributed by atoms with Crippen LogP contribution in [-0.2, 0) is 6.42 Å². The second-order valence-corrected chi connectivity index (χ2v) is 3.49. The minimum Gasteiger partial charge on any atom is -0.497 e. The Hall–Kier alpha value is -1.02. The van der Waals surface area contributed by atoms with E-state index in [1.54, 1.807) is 7.11 Å². The van der Waals surface area contributed by atoms with Crippen LogP contribution in [0.1, 0.15) is 12.0 Å². The van der Waals surface area contributed by atoms with Crippen LogP contribution < -0.4 is 10.1 Å². The average Bonchev–Trinajstić information content (AvgIpc) is 2.12. The van der Waals surface area contributed by atoms with Gasteiger partial charge in [-0.2, -0.15) is 0 Å². The smallest absolute Gasteiger partial charge is 0.118 e. The highest BCUT2D eigenvalue weighted by atomic mass is 16.5. The Morgan fingerprint density at radius 1 is 1.38 bits per heavy atom. The molecule has 1 fully saturated rings. The summed E-state index contributed by atoms with van der Waals surface area (Å²) in [4.78, 5) is 0. The van der Waals surface area contributed by atoms with Crippen molar-refractivity contribution in [3.05, 3.63) is 29.8 Å². The van der Waals surface area contributed by atoms with Crippen LogP contribution in [0.25, 0.3) is 0 Å². The molecule has 0 spiro atoms. The zero-order valence-electron chi connectivity index (χ0n) is 7.92. The highest BCUT2D eigenvalue weighted by Gasteiger charge is 2.15. The van der Waals surface area contributed by atoms with E-state index in [0.717, 1.165) is 12.2 Å². The zero-order chi connectivity index (χ0) is 9.10. The van der Waals surface area contributed by atoms with Crippen molar-refractivity contribution in [2.24, 2.45) is 0 Å².